The molecule has 0 bridgehead atoms. The first-order valence-electron chi connectivity index (χ1n) is 5.61. The van der Waals surface area contributed by atoms with E-state index in [0.717, 1.165) is 5.56 Å². The Bertz CT molecular complexity index is 379. The summed E-state index contributed by atoms with van der Waals surface area (Å²) < 4.78 is 9.94. The van der Waals surface area contributed by atoms with Crippen molar-refractivity contribution in [3.63, 3.8) is 0 Å². The van der Waals surface area contributed by atoms with Crippen LogP contribution in [0, 0.1) is 6.92 Å². The van der Waals surface area contributed by atoms with Crippen LogP contribution in [0.25, 0.3) is 6.08 Å². The van der Waals surface area contributed by atoms with E-state index in [2.05, 4.69) is 0 Å². The molecule has 0 aliphatic rings. The number of hydrogen-bond acceptors (Lipinski definition) is 3. The van der Waals surface area contributed by atoms with E-state index in [1.807, 2.05) is 37.3 Å². The summed E-state index contributed by atoms with van der Waals surface area (Å²) >= 11 is 0. The molecule has 0 heterocycles. The number of hydrogen-bond donors (Lipinski definition) is 0. The predicted octanol–water partition coefficient (Wildman–Crippen LogP) is 2.59. The third-order valence-electron chi connectivity index (χ3n) is 2.31. The Morgan fingerprint density at radius 2 is 2.00 bits per heavy atom. The number of carbonyl (C=O) groups excluding carboxylic acids is 1. The number of esters is 1. The van der Waals surface area contributed by atoms with Crippen molar-refractivity contribution in [2.45, 2.75) is 20.0 Å². The Hall–Kier alpha value is -1.61. The van der Waals surface area contributed by atoms with Crippen LogP contribution in [0.2, 0.25) is 0 Å². The minimum absolute atomic E-state index is 0.358. The fourth-order valence-electron chi connectivity index (χ4n) is 1.35. The van der Waals surface area contributed by atoms with Crippen LogP contribution in [0.1, 0.15) is 18.1 Å². The molecule has 17 heavy (non-hydrogen) atoms. The first kappa shape index (κ1) is 13.5. The molecule has 3 nitrogen and oxygen atoms in total. The number of carbonyl (C=O) groups is 1. The smallest absolute Gasteiger partial charge is 0.339 e. The maximum Gasteiger partial charge on any atom is 0.339 e. The van der Waals surface area contributed by atoms with Gasteiger partial charge in [-0.15, -0.1) is 0 Å². The molecule has 0 saturated carbocycles. The average Bonchev–Trinajstić information content (AvgIpc) is 2.32. The highest BCUT2D eigenvalue weighted by Gasteiger charge is 2.14. The molecular weight excluding hydrogens is 216 g/mol. The van der Waals surface area contributed by atoms with Crippen molar-refractivity contribution in [3.05, 3.63) is 41.5 Å². The van der Waals surface area contributed by atoms with Crippen LogP contribution < -0.4 is 0 Å². The molecule has 1 aromatic rings. The van der Waals surface area contributed by atoms with Crippen molar-refractivity contribution < 1.29 is 14.3 Å². The molecule has 0 fully saturated rings. The van der Waals surface area contributed by atoms with Crippen molar-refractivity contribution >= 4 is 12.0 Å². The quantitative estimate of drug-likeness (QED) is 0.734. The second kappa shape index (κ2) is 6.86. The second-order valence-electron chi connectivity index (χ2n) is 3.68. The fraction of sp³-hybridized carbons (Fsp3) is 0.357. The Kier molecular flexibility index (Phi) is 5.43. The van der Waals surface area contributed by atoms with Crippen molar-refractivity contribution in [1.29, 1.82) is 0 Å². The molecule has 0 aliphatic heterocycles. The predicted molar refractivity (Wildman–Crippen MR) is 67.6 cm³/mol. The third-order valence-corrected chi connectivity index (χ3v) is 2.31. The molecule has 0 N–H and O–H groups in total. The first-order chi connectivity index (χ1) is 8.17. The van der Waals surface area contributed by atoms with Crippen LogP contribution in [0.3, 0.4) is 0 Å². The lowest BCUT2D eigenvalue weighted by Gasteiger charge is -2.09. The van der Waals surface area contributed by atoms with Gasteiger partial charge in [-0.25, -0.2) is 4.79 Å². The molecule has 0 amide bonds. The van der Waals surface area contributed by atoms with Crippen molar-refractivity contribution in [3.8, 4) is 0 Å². The summed E-state index contributed by atoms with van der Waals surface area (Å²) in [6.45, 7) is 4.16. The monoisotopic (exact) mass is 234 g/mol. The molecule has 1 aromatic carbocycles. The van der Waals surface area contributed by atoms with E-state index in [0.29, 0.717) is 6.61 Å². The fourth-order valence-corrected chi connectivity index (χ4v) is 1.35. The minimum Gasteiger partial charge on any atom is -0.464 e. The van der Waals surface area contributed by atoms with Gasteiger partial charge in [-0.2, -0.15) is 0 Å². The van der Waals surface area contributed by atoms with Gasteiger partial charge in [-0.1, -0.05) is 35.9 Å². The normalized spacial score (nSPS) is 12.6. The zero-order chi connectivity index (χ0) is 12.7. The van der Waals surface area contributed by atoms with Crippen molar-refractivity contribution in [2.24, 2.45) is 0 Å². The summed E-state index contributed by atoms with van der Waals surface area (Å²) in [7, 11) is 1.49. The van der Waals surface area contributed by atoms with E-state index in [1.54, 1.807) is 13.0 Å². The first-order valence-corrected chi connectivity index (χ1v) is 5.61. The van der Waals surface area contributed by atoms with Gasteiger partial charge in [-0.3, -0.25) is 0 Å². The van der Waals surface area contributed by atoms with Crippen LogP contribution >= 0.6 is 0 Å². The number of ether oxygens (including phenoxy) is 2. The van der Waals surface area contributed by atoms with E-state index in [1.165, 1.54) is 12.7 Å². The largest absolute Gasteiger partial charge is 0.464 e. The van der Waals surface area contributed by atoms with Gasteiger partial charge < -0.3 is 9.47 Å². The molecule has 3 heteroatoms. The van der Waals surface area contributed by atoms with Crippen molar-refractivity contribution in [1.82, 2.24) is 0 Å². The van der Waals surface area contributed by atoms with Crippen molar-refractivity contribution in [2.75, 3.05) is 13.7 Å². The van der Waals surface area contributed by atoms with Crippen LogP contribution in [-0.2, 0) is 14.3 Å². The zero-order valence-electron chi connectivity index (χ0n) is 10.5. The molecule has 1 unspecified atom stereocenters. The van der Waals surface area contributed by atoms with E-state index in [4.69, 9.17) is 9.47 Å². The molecule has 0 aliphatic carbocycles. The number of methoxy groups -OCH3 is 1. The van der Waals surface area contributed by atoms with E-state index < -0.39 is 6.10 Å². The Morgan fingerprint density at radius 3 is 2.53 bits per heavy atom. The number of aryl methyl sites for hydroxylation is 1. The summed E-state index contributed by atoms with van der Waals surface area (Å²) in [4.78, 5) is 11.5. The molecule has 0 spiro atoms. The summed E-state index contributed by atoms with van der Waals surface area (Å²) in [5, 5.41) is 0. The maximum absolute atomic E-state index is 11.5. The molecule has 0 radical (unpaired) electrons. The molecule has 1 rings (SSSR count). The Morgan fingerprint density at radius 1 is 1.35 bits per heavy atom. The van der Waals surface area contributed by atoms with Crippen LogP contribution in [0.15, 0.2) is 30.3 Å². The highest BCUT2D eigenvalue weighted by Crippen LogP contribution is 2.07. The van der Waals surface area contributed by atoms with Gasteiger partial charge in [0.1, 0.15) is 0 Å². The topological polar surface area (TPSA) is 35.5 Å². The Labute approximate surface area is 102 Å². The lowest BCUT2D eigenvalue weighted by atomic mass is 10.1. The minimum atomic E-state index is -0.642. The molecule has 92 valence electrons. The van der Waals surface area contributed by atoms with Crippen LogP contribution in [0.5, 0.6) is 0 Å². The van der Waals surface area contributed by atoms with Gasteiger partial charge in [0.05, 0.1) is 6.61 Å². The molecule has 0 saturated heterocycles. The van der Waals surface area contributed by atoms with E-state index in [-0.39, 0.29) is 5.97 Å². The van der Waals surface area contributed by atoms with Crippen LogP contribution in [0.4, 0.5) is 0 Å². The van der Waals surface area contributed by atoms with Gasteiger partial charge in [-0.05, 0) is 25.5 Å². The molecule has 1 atom stereocenters. The second-order valence-corrected chi connectivity index (χ2v) is 3.68. The standard InChI is InChI=1S/C14H18O3/c1-4-17-14(15)13(16-3)10-9-12-7-5-11(2)6-8-12/h5-10,13H,4H2,1-3H3/b10-9-. The van der Waals surface area contributed by atoms with Gasteiger partial charge in [0, 0.05) is 7.11 Å². The lowest BCUT2D eigenvalue weighted by Crippen LogP contribution is -2.23. The highest BCUT2D eigenvalue weighted by atomic mass is 16.6. The van der Waals surface area contributed by atoms with Gasteiger partial charge in [0.25, 0.3) is 0 Å². The van der Waals surface area contributed by atoms with E-state index in [9.17, 15) is 4.79 Å². The number of rotatable bonds is 5. The lowest BCUT2D eigenvalue weighted by molar-refractivity contribution is -0.151. The van der Waals surface area contributed by atoms with Gasteiger partial charge >= 0.3 is 5.97 Å². The molecule has 0 aromatic heterocycles. The SMILES string of the molecule is CCOC(=O)C(/C=C\c1ccc(C)cc1)OC. The molecular formula is C14H18O3. The average molecular weight is 234 g/mol. The maximum atomic E-state index is 11.5. The zero-order valence-corrected chi connectivity index (χ0v) is 10.5. The third kappa shape index (κ3) is 4.41. The summed E-state index contributed by atoms with van der Waals surface area (Å²) in [5.41, 5.74) is 2.23. The van der Waals surface area contributed by atoms with Gasteiger partial charge in [0.15, 0.2) is 6.10 Å². The number of benzene rings is 1. The van der Waals surface area contributed by atoms with E-state index >= 15 is 0 Å². The van der Waals surface area contributed by atoms with Gasteiger partial charge in [0.2, 0.25) is 0 Å². The van der Waals surface area contributed by atoms with Crippen LogP contribution in [-0.4, -0.2) is 25.8 Å². The summed E-state index contributed by atoms with van der Waals surface area (Å²) in [6.07, 6.45) is 2.91. The highest BCUT2D eigenvalue weighted by molar-refractivity contribution is 5.78. The summed E-state index contributed by atoms with van der Waals surface area (Å²) in [6, 6.07) is 8.02. The summed E-state index contributed by atoms with van der Waals surface area (Å²) in [5.74, 6) is -0.363. The Balaban J connectivity index is 2.67.